The number of hydrogen-bond acceptors (Lipinski definition) is 2. The molecule has 0 saturated carbocycles. The summed E-state index contributed by atoms with van der Waals surface area (Å²) in [5, 5.41) is 3.71. The number of benzene rings is 1. The van der Waals surface area contributed by atoms with Crippen LogP contribution in [0.25, 0.3) is 10.9 Å². The minimum atomic E-state index is -0.0334. The van der Waals surface area contributed by atoms with E-state index in [9.17, 15) is 4.79 Å². The highest BCUT2D eigenvalue weighted by molar-refractivity contribution is 9.10. The molecule has 2 heterocycles. The van der Waals surface area contributed by atoms with Crippen molar-refractivity contribution in [3.05, 3.63) is 27.9 Å². The van der Waals surface area contributed by atoms with Crippen molar-refractivity contribution in [2.45, 2.75) is 6.42 Å². The number of H-pyrrole nitrogens is 1. The highest BCUT2D eigenvalue weighted by Crippen LogP contribution is 2.37. The second-order valence-corrected chi connectivity index (χ2v) is 4.84. The van der Waals surface area contributed by atoms with Gasteiger partial charge in [-0.15, -0.1) is 0 Å². The molecule has 1 amide bonds. The summed E-state index contributed by atoms with van der Waals surface area (Å²) in [4.78, 5) is 15.2. The van der Waals surface area contributed by atoms with Crippen molar-refractivity contribution in [2.75, 3.05) is 13.7 Å². The number of fused-ring (bicyclic) bond motifs is 3. The molecule has 0 atom stereocenters. The molecule has 0 radical (unpaired) electrons. The van der Waals surface area contributed by atoms with Crippen LogP contribution in [0.1, 0.15) is 16.1 Å². The lowest BCUT2D eigenvalue weighted by Crippen LogP contribution is -2.31. The number of amides is 1. The van der Waals surface area contributed by atoms with Crippen molar-refractivity contribution >= 4 is 32.7 Å². The summed E-state index contributed by atoms with van der Waals surface area (Å²) < 4.78 is 6.24. The average molecular weight is 295 g/mol. The van der Waals surface area contributed by atoms with Crippen LogP contribution in [0.3, 0.4) is 0 Å². The van der Waals surface area contributed by atoms with Gasteiger partial charge in [0.25, 0.3) is 5.91 Å². The first-order valence-corrected chi connectivity index (χ1v) is 6.17. The lowest BCUT2D eigenvalue weighted by atomic mass is 10.0. The Kier molecular flexibility index (Phi) is 2.36. The number of rotatable bonds is 1. The van der Waals surface area contributed by atoms with Crippen LogP contribution in [0.5, 0.6) is 5.75 Å². The molecule has 0 bridgehead atoms. The van der Waals surface area contributed by atoms with Crippen molar-refractivity contribution in [1.29, 1.82) is 0 Å². The zero-order valence-electron chi connectivity index (χ0n) is 9.26. The van der Waals surface area contributed by atoms with Gasteiger partial charge < -0.3 is 15.0 Å². The maximum Gasteiger partial charge on any atom is 0.253 e. The van der Waals surface area contributed by atoms with E-state index in [4.69, 9.17) is 4.74 Å². The molecular formula is C12H11BrN2O2. The molecule has 0 spiro atoms. The molecule has 5 heteroatoms. The number of aromatic nitrogens is 1. The van der Waals surface area contributed by atoms with Gasteiger partial charge in [0, 0.05) is 18.7 Å². The highest BCUT2D eigenvalue weighted by Gasteiger charge is 2.25. The van der Waals surface area contributed by atoms with Crippen molar-refractivity contribution in [3.8, 4) is 5.75 Å². The topological polar surface area (TPSA) is 54.1 Å². The number of hydrogen-bond donors (Lipinski definition) is 2. The summed E-state index contributed by atoms with van der Waals surface area (Å²) in [6.07, 6.45) is 0.830. The number of carbonyl (C=O) groups excluding carboxylic acids is 1. The molecule has 0 fully saturated rings. The lowest BCUT2D eigenvalue weighted by molar-refractivity contribution is 0.0947. The third-order valence-electron chi connectivity index (χ3n) is 3.04. The molecule has 4 nitrogen and oxygen atoms in total. The van der Waals surface area contributed by atoms with Gasteiger partial charge in [0.2, 0.25) is 0 Å². The summed E-state index contributed by atoms with van der Waals surface area (Å²) in [7, 11) is 1.61. The Morgan fingerprint density at radius 3 is 3.00 bits per heavy atom. The van der Waals surface area contributed by atoms with Gasteiger partial charge in [0.1, 0.15) is 5.75 Å². The smallest absolute Gasteiger partial charge is 0.253 e. The van der Waals surface area contributed by atoms with Gasteiger partial charge in [0.05, 0.1) is 28.0 Å². The van der Waals surface area contributed by atoms with E-state index in [0.29, 0.717) is 17.9 Å². The van der Waals surface area contributed by atoms with Crippen LogP contribution in [-0.4, -0.2) is 24.5 Å². The van der Waals surface area contributed by atoms with Gasteiger partial charge in [-0.2, -0.15) is 0 Å². The second-order valence-electron chi connectivity index (χ2n) is 3.99. The molecule has 1 aliphatic heterocycles. The Balaban J connectivity index is 2.42. The van der Waals surface area contributed by atoms with E-state index in [1.165, 1.54) is 0 Å². The largest absolute Gasteiger partial charge is 0.495 e. The van der Waals surface area contributed by atoms with Gasteiger partial charge in [-0.1, -0.05) is 0 Å². The molecule has 0 saturated heterocycles. The Labute approximate surface area is 106 Å². The summed E-state index contributed by atoms with van der Waals surface area (Å²) in [5.74, 6) is 0.672. The normalized spacial score (nSPS) is 14.6. The van der Waals surface area contributed by atoms with Gasteiger partial charge in [-0.25, -0.2) is 0 Å². The van der Waals surface area contributed by atoms with E-state index in [0.717, 1.165) is 27.5 Å². The third kappa shape index (κ3) is 1.45. The molecule has 17 heavy (non-hydrogen) atoms. The number of halogens is 1. The highest BCUT2D eigenvalue weighted by atomic mass is 79.9. The zero-order chi connectivity index (χ0) is 12.0. The summed E-state index contributed by atoms with van der Waals surface area (Å²) in [6.45, 7) is 0.683. The van der Waals surface area contributed by atoms with Crippen molar-refractivity contribution < 1.29 is 9.53 Å². The van der Waals surface area contributed by atoms with E-state index >= 15 is 0 Å². The predicted molar refractivity (Wildman–Crippen MR) is 68.6 cm³/mol. The third-order valence-corrected chi connectivity index (χ3v) is 3.66. The van der Waals surface area contributed by atoms with Gasteiger partial charge in [0.15, 0.2) is 0 Å². The molecule has 2 N–H and O–H groups in total. The summed E-state index contributed by atoms with van der Waals surface area (Å²) in [6, 6.07) is 3.87. The van der Waals surface area contributed by atoms with Crippen molar-refractivity contribution in [3.63, 3.8) is 0 Å². The van der Waals surface area contributed by atoms with Crippen LogP contribution in [0.15, 0.2) is 16.6 Å². The first-order valence-electron chi connectivity index (χ1n) is 5.37. The monoisotopic (exact) mass is 294 g/mol. The fraction of sp³-hybridized carbons (Fsp3) is 0.250. The second kappa shape index (κ2) is 3.77. The number of methoxy groups -OCH3 is 1. The van der Waals surface area contributed by atoms with Crippen molar-refractivity contribution in [2.24, 2.45) is 0 Å². The van der Waals surface area contributed by atoms with E-state index in [2.05, 4.69) is 26.2 Å². The Morgan fingerprint density at radius 1 is 1.41 bits per heavy atom. The molecule has 88 valence electrons. The van der Waals surface area contributed by atoms with E-state index in [-0.39, 0.29) is 5.91 Å². The number of carbonyl (C=O) groups is 1. The van der Waals surface area contributed by atoms with Gasteiger partial charge in [-0.3, -0.25) is 4.79 Å². The van der Waals surface area contributed by atoms with Crippen LogP contribution in [-0.2, 0) is 6.42 Å². The number of aromatic amines is 1. The molecule has 0 unspecified atom stereocenters. The van der Waals surface area contributed by atoms with Gasteiger partial charge >= 0.3 is 0 Å². The fourth-order valence-electron chi connectivity index (χ4n) is 2.31. The van der Waals surface area contributed by atoms with E-state index in [1.807, 2.05) is 12.1 Å². The summed E-state index contributed by atoms with van der Waals surface area (Å²) >= 11 is 3.44. The lowest BCUT2D eigenvalue weighted by Gasteiger charge is -2.13. The first kappa shape index (κ1) is 10.7. The SMILES string of the molecule is COc1c(Br)ccc2[nH]c3c(c12)C(=O)NCC3. The Hall–Kier alpha value is -1.49. The first-order chi connectivity index (χ1) is 8.22. The molecule has 0 aliphatic carbocycles. The van der Waals surface area contributed by atoms with E-state index in [1.54, 1.807) is 7.11 Å². The Bertz CT molecular complexity index is 618. The zero-order valence-corrected chi connectivity index (χ0v) is 10.8. The molecule has 1 aliphatic rings. The van der Waals surface area contributed by atoms with Crippen LogP contribution in [0, 0.1) is 0 Å². The van der Waals surface area contributed by atoms with Crippen LogP contribution in [0.4, 0.5) is 0 Å². The quantitative estimate of drug-likeness (QED) is 0.847. The Morgan fingerprint density at radius 2 is 2.24 bits per heavy atom. The molecule has 2 aromatic rings. The van der Waals surface area contributed by atoms with Gasteiger partial charge in [-0.05, 0) is 28.1 Å². The van der Waals surface area contributed by atoms with Crippen molar-refractivity contribution in [1.82, 2.24) is 10.3 Å². The molecule has 1 aromatic heterocycles. The maximum atomic E-state index is 11.9. The van der Waals surface area contributed by atoms with Crippen LogP contribution >= 0.6 is 15.9 Å². The molecule has 3 rings (SSSR count). The number of nitrogens with one attached hydrogen (secondary N) is 2. The standard InChI is InChI=1S/C12H11BrN2O2/c1-17-11-6(13)2-3-7-9(11)10-8(15-7)4-5-14-12(10)16/h2-3,15H,4-5H2,1H3,(H,14,16). The van der Waals surface area contributed by atoms with Crippen LogP contribution < -0.4 is 10.1 Å². The summed E-state index contributed by atoms with van der Waals surface area (Å²) in [5.41, 5.74) is 2.64. The maximum absolute atomic E-state index is 11.9. The van der Waals surface area contributed by atoms with Crippen LogP contribution in [0.2, 0.25) is 0 Å². The number of ether oxygens (including phenoxy) is 1. The minimum absolute atomic E-state index is 0.0334. The fourth-order valence-corrected chi connectivity index (χ4v) is 2.80. The minimum Gasteiger partial charge on any atom is -0.495 e. The average Bonchev–Trinajstić information content (AvgIpc) is 2.69. The predicted octanol–water partition coefficient (Wildman–Crippen LogP) is 2.22. The van der Waals surface area contributed by atoms with E-state index < -0.39 is 0 Å². The molecular weight excluding hydrogens is 284 g/mol. The molecule has 1 aromatic carbocycles.